The minimum Gasteiger partial charge on any atom is -0.308 e. The van der Waals surface area contributed by atoms with Gasteiger partial charge in [0.15, 0.2) is 0 Å². The van der Waals surface area contributed by atoms with Crippen LogP contribution in [0.2, 0.25) is 0 Å². The van der Waals surface area contributed by atoms with E-state index in [0.29, 0.717) is 5.69 Å². The molecule has 0 aliphatic heterocycles. The first-order chi connectivity index (χ1) is 8.87. The molecule has 0 bridgehead atoms. The van der Waals surface area contributed by atoms with Gasteiger partial charge < -0.3 is 4.90 Å². The van der Waals surface area contributed by atoms with E-state index in [-0.39, 0.29) is 6.04 Å². The molecule has 0 heterocycles. The first kappa shape index (κ1) is 15.6. The van der Waals surface area contributed by atoms with Crippen molar-refractivity contribution in [1.29, 1.82) is 0 Å². The molecule has 1 amide bonds. The molecule has 7 heteroatoms. The fourth-order valence-corrected chi connectivity index (χ4v) is 1.95. The molecule has 0 aliphatic carbocycles. The average Bonchev–Trinajstić information content (AvgIpc) is 2.37. The quantitative estimate of drug-likeness (QED) is 0.843. The van der Waals surface area contributed by atoms with Crippen molar-refractivity contribution in [3.8, 4) is 0 Å². The molecule has 0 spiro atoms. The summed E-state index contributed by atoms with van der Waals surface area (Å²) in [5, 5.41) is 0. The van der Waals surface area contributed by atoms with Gasteiger partial charge in [-0.25, -0.2) is 4.18 Å². The molecule has 0 saturated carbocycles. The summed E-state index contributed by atoms with van der Waals surface area (Å²) in [6, 6.07) is 8.92. The number of nitrogens with one attached hydrogen (secondary N) is 1. The van der Waals surface area contributed by atoms with Gasteiger partial charge >= 0.3 is 10.3 Å². The molecule has 1 aromatic carbocycles. The van der Waals surface area contributed by atoms with Crippen LogP contribution in [0.15, 0.2) is 30.3 Å². The Morgan fingerprint density at radius 2 is 1.89 bits per heavy atom. The van der Waals surface area contributed by atoms with Gasteiger partial charge in [-0.15, -0.1) is 0 Å². The molecule has 106 valence electrons. The number of carbonyl (C=O) groups excluding carboxylic acids is 1. The number of para-hydroxylation sites is 1. The van der Waals surface area contributed by atoms with Gasteiger partial charge in [-0.2, -0.15) is 13.1 Å². The third-order valence-electron chi connectivity index (χ3n) is 2.41. The summed E-state index contributed by atoms with van der Waals surface area (Å²) in [7, 11) is -2.63. The van der Waals surface area contributed by atoms with E-state index in [4.69, 9.17) is 0 Å². The Morgan fingerprint density at radius 1 is 1.32 bits per heavy atom. The van der Waals surface area contributed by atoms with E-state index in [1.807, 2.05) is 36.8 Å². The summed E-state index contributed by atoms with van der Waals surface area (Å²) >= 11 is 0. The monoisotopic (exact) mass is 286 g/mol. The van der Waals surface area contributed by atoms with E-state index in [0.717, 1.165) is 0 Å². The Kier molecular flexibility index (Phi) is 5.46. The maximum Gasteiger partial charge on any atom is 0.336 e. The zero-order valence-corrected chi connectivity index (χ0v) is 12.0. The zero-order valence-electron chi connectivity index (χ0n) is 11.2. The van der Waals surface area contributed by atoms with Crippen LogP contribution in [0.3, 0.4) is 0 Å². The molecule has 0 saturated heterocycles. The fraction of sp³-hybridized carbons (Fsp3) is 0.417. The van der Waals surface area contributed by atoms with Crippen LogP contribution in [-0.2, 0) is 19.3 Å². The van der Waals surface area contributed by atoms with Crippen LogP contribution in [0.4, 0.5) is 5.69 Å². The highest BCUT2D eigenvalue weighted by molar-refractivity contribution is 7.84. The van der Waals surface area contributed by atoms with Gasteiger partial charge in [0.25, 0.3) is 5.91 Å². The van der Waals surface area contributed by atoms with Crippen molar-refractivity contribution in [1.82, 2.24) is 4.72 Å². The van der Waals surface area contributed by atoms with E-state index in [1.165, 1.54) is 11.9 Å². The molecule has 0 aromatic heterocycles. The summed E-state index contributed by atoms with van der Waals surface area (Å²) in [6.07, 6.45) is 0. The second kappa shape index (κ2) is 6.65. The van der Waals surface area contributed by atoms with Crippen molar-refractivity contribution < 1.29 is 17.4 Å². The minimum atomic E-state index is -3.85. The molecule has 0 fully saturated rings. The van der Waals surface area contributed by atoms with Gasteiger partial charge in [0.2, 0.25) is 0 Å². The first-order valence-electron chi connectivity index (χ1n) is 5.82. The lowest BCUT2D eigenvalue weighted by Gasteiger charge is -2.26. The topological polar surface area (TPSA) is 75.7 Å². The molecule has 19 heavy (non-hydrogen) atoms. The van der Waals surface area contributed by atoms with Crippen LogP contribution in [-0.4, -0.2) is 34.0 Å². The highest BCUT2D eigenvalue weighted by atomic mass is 32.2. The van der Waals surface area contributed by atoms with Crippen LogP contribution in [0.25, 0.3) is 0 Å². The highest BCUT2D eigenvalue weighted by Gasteiger charge is 2.21. The highest BCUT2D eigenvalue weighted by Crippen LogP contribution is 2.16. The molecular formula is C12H18N2O4S. The van der Waals surface area contributed by atoms with E-state index < -0.39 is 22.8 Å². The summed E-state index contributed by atoms with van der Waals surface area (Å²) in [5.74, 6) is -0.417. The third-order valence-corrected chi connectivity index (χ3v) is 3.34. The van der Waals surface area contributed by atoms with Crippen LogP contribution >= 0.6 is 0 Å². The number of benzene rings is 1. The lowest BCUT2D eigenvalue weighted by atomic mass is 10.2. The van der Waals surface area contributed by atoms with E-state index in [9.17, 15) is 13.2 Å². The number of hydrogen-bond acceptors (Lipinski definition) is 4. The SMILES string of the molecule is CNS(=O)(=O)OCC(=O)N(c1ccccc1)C(C)C. The smallest absolute Gasteiger partial charge is 0.308 e. The number of anilines is 1. The normalized spacial score (nSPS) is 11.6. The maximum absolute atomic E-state index is 12.1. The molecule has 0 atom stereocenters. The Hall–Kier alpha value is -1.44. The van der Waals surface area contributed by atoms with Crippen molar-refractivity contribution in [3.63, 3.8) is 0 Å². The van der Waals surface area contributed by atoms with E-state index in [1.54, 1.807) is 12.1 Å². The van der Waals surface area contributed by atoms with Gasteiger partial charge in [0, 0.05) is 18.8 Å². The van der Waals surface area contributed by atoms with Crippen LogP contribution in [0, 0.1) is 0 Å². The van der Waals surface area contributed by atoms with Gasteiger partial charge in [0.05, 0.1) is 0 Å². The minimum absolute atomic E-state index is 0.101. The van der Waals surface area contributed by atoms with E-state index >= 15 is 0 Å². The Labute approximate surface area is 113 Å². The number of hydrogen-bond donors (Lipinski definition) is 1. The summed E-state index contributed by atoms with van der Waals surface area (Å²) in [5.41, 5.74) is 0.702. The van der Waals surface area contributed by atoms with Gasteiger partial charge in [-0.05, 0) is 26.0 Å². The molecule has 6 nitrogen and oxygen atoms in total. The second-order valence-electron chi connectivity index (χ2n) is 4.11. The molecule has 0 unspecified atom stereocenters. The Morgan fingerprint density at radius 3 is 2.37 bits per heavy atom. The van der Waals surface area contributed by atoms with Crippen molar-refractivity contribution >= 4 is 21.9 Å². The molecule has 0 radical (unpaired) electrons. The van der Waals surface area contributed by atoms with Gasteiger partial charge in [0.1, 0.15) is 6.61 Å². The Balaban J connectivity index is 2.81. The first-order valence-corrected chi connectivity index (χ1v) is 7.23. The largest absolute Gasteiger partial charge is 0.336 e. The lowest BCUT2D eigenvalue weighted by Crippen LogP contribution is -2.40. The molecule has 1 N–H and O–H groups in total. The number of rotatable bonds is 6. The van der Waals surface area contributed by atoms with Crippen LogP contribution in [0.5, 0.6) is 0 Å². The molecule has 1 aromatic rings. The Bertz CT molecular complexity index is 514. The van der Waals surface area contributed by atoms with Crippen molar-refractivity contribution in [2.24, 2.45) is 0 Å². The molecule has 1 rings (SSSR count). The number of nitrogens with zero attached hydrogens (tertiary/aromatic N) is 1. The molecule has 0 aliphatic rings. The van der Waals surface area contributed by atoms with E-state index in [2.05, 4.69) is 4.18 Å². The van der Waals surface area contributed by atoms with Gasteiger partial charge in [-0.3, -0.25) is 4.79 Å². The van der Waals surface area contributed by atoms with Crippen LogP contribution < -0.4 is 9.62 Å². The predicted molar refractivity (Wildman–Crippen MR) is 73.0 cm³/mol. The van der Waals surface area contributed by atoms with Crippen molar-refractivity contribution in [3.05, 3.63) is 30.3 Å². The van der Waals surface area contributed by atoms with Gasteiger partial charge in [-0.1, -0.05) is 18.2 Å². The number of carbonyl (C=O) groups is 1. The number of amides is 1. The standard InChI is InChI=1S/C12H18N2O4S/c1-10(2)14(11-7-5-4-6-8-11)12(15)9-18-19(16,17)13-3/h4-8,10,13H,9H2,1-3H3. The summed E-state index contributed by atoms with van der Waals surface area (Å²) in [6.45, 7) is 3.16. The summed E-state index contributed by atoms with van der Waals surface area (Å²) in [4.78, 5) is 13.5. The predicted octanol–water partition coefficient (Wildman–Crippen LogP) is 0.909. The van der Waals surface area contributed by atoms with Crippen molar-refractivity contribution in [2.75, 3.05) is 18.6 Å². The summed E-state index contributed by atoms with van der Waals surface area (Å²) < 4.78 is 28.8. The lowest BCUT2D eigenvalue weighted by molar-refractivity contribution is -0.120. The van der Waals surface area contributed by atoms with Crippen molar-refractivity contribution in [2.45, 2.75) is 19.9 Å². The second-order valence-corrected chi connectivity index (χ2v) is 5.67. The molecular weight excluding hydrogens is 268 g/mol. The fourth-order valence-electron chi connectivity index (χ4n) is 1.58. The zero-order chi connectivity index (χ0) is 14.5. The maximum atomic E-state index is 12.1. The van der Waals surface area contributed by atoms with Crippen LogP contribution in [0.1, 0.15) is 13.8 Å². The average molecular weight is 286 g/mol. The third kappa shape index (κ3) is 4.62.